The molecule has 2 heteroatoms. The Labute approximate surface area is 28.3 Å². The van der Waals surface area contributed by atoms with Crippen LogP contribution in [0, 0.1) is 0 Å². The average Bonchev–Trinajstić information content (AvgIpc) is 0.722. The van der Waals surface area contributed by atoms with Crippen LogP contribution >= 0.6 is 0 Å². The average molecular weight is 73.2 g/mol. The maximum Gasteiger partial charge on any atom is 0.0928 e. The zero-order chi connectivity index (χ0) is 2.83. The summed E-state index contributed by atoms with van der Waals surface area (Å²) in [5.41, 5.74) is 0. The molecule has 0 bridgehead atoms. The Balaban J connectivity index is 2.00. The lowest BCUT2D eigenvalue weighted by molar-refractivity contribution is 0.899. The van der Waals surface area contributed by atoms with Crippen molar-refractivity contribution >= 4 is 9.68 Å². The molecule has 0 amide bonds. The van der Waals surface area contributed by atoms with Crippen molar-refractivity contribution in [3.05, 3.63) is 0 Å². The van der Waals surface area contributed by atoms with E-state index in [1.165, 1.54) is 12.6 Å². The minimum absolute atomic E-state index is 0.355. The summed E-state index contributed by atoms with van der Waals surface area (Å²) < 4.78 is 0. The van der Waals surface area contributed by atoms with Crippen LogP contribution in [-0.2, 0) is 0 Å². The fourth-order valence-electron chi connectivity index (χ4n) is 0.177. The Morgan fingerprint density at radius 1 is 1.75 bits per heavy atom. The molecule has 0 aliphatic carbocycles. The molecule has 0 aromatic rings. The third kappa shape index (κ3) is 0.173. The largest absolute Gasteiger partial charge is 0.342 e. The summed E-state index contributed by atoms with van der Waals surface area (Å²) in [6, 6.07) is 1.53. The van der Waals surface area contributed by atoms with E-state index in [-0.39, 0.29) is 0 Å². The molecule has 1 saturated heterocycles. The van der Waals surface area contributed by atoms with Gasteiger partial charge in [0.1, 0.15) is 0 Å². The van der Waals surface area contributed by atoms with Crippen molar-refractivity contribution in [2.24, 2.45) is 0 Å². The maximum atomic E-state index is 3.25. The standard InChI is InChI=1S/C2H7NSi/c1-2-4-3-1/h3H,1-2,4H2. The normalized spacial score (nSPS) is 30.0. The lowest BCUT2D eigenvalue weighted by Gasteiger charge is -2.08. The number of nitrogens with one attached hydrogen (secondary N) is 1. The van der Waals surface area contributed by atoms with Crippen LogP contribution in [0.1, 0.15) is 0 Å². The molecule has 0 aromatic heterocycles. The Bertz CT molecular complexity index is 14.0. The molecule has 0 atom stereocenters. The quantitative estimate of drug-likeness (QED) is 0.366. The highest BCUT2D eigenvalue weighted by atomic mass is 28.2. The highest BCUT2D eigenvalue weighted by Crippen LogP contribution is 1.79. The van der Waals surface area contributed by atoms with Crippen molar-refractivity contribution in [3.8, 4) is 0 Å². The molecule has 1 N–H and O–H groups in total. The van der Waals surface area contributed by atoms with Crippen LogP contribution in [0.4, 0.5) is 0 Å². The monoisotopic (exact) mass is 73.0 g/mol. The molecule has 1 fully saturated rings. The summed E-state index contributed by atoms with van der Waals surface area (Å²) in [5, 5.41) is 0. The van der Waals surface area contributed by atoms with Crippen LogP contribution in [0.5, 0.6) is 0 Å². The van der Waals surface area contributed by atoms with Crippen LogP contribution in [-0.4, -0.2) is 16.2 Å². The minimum atomic E-state index is 0.355. The van der Waals surface area contributed by atoms with Gasteiger partial charge in [-0.05, 0) is 12.6 Å². The molecular formula is C2H7NSi. The van der Waals surface area contributed by atoms with Crippen LogP contribution in [0.15, 0.2) is 0 Å². The van der Waals surface area contributed by atoms with E-state index in [0.29, 0.717) is 9.68 Å². The van der Waals surface area contributed by atoms with Crippen molar-refractivity contribution in [1.82, 2.24) is 4.98 Å². The van der Waals surface area contributed by atoms with Crippen LogP contribution < -0.4 is 4.98 Å². The van der Waals surface area contributed by atoms with Crippen molar-refractivity contribution < 1.29 is 0 Å². The fourth-order valence-corrected chi connectivity index (χ4v) is 0.530. The molecule has 1 aliphatic rings. The number of rotatable bonds is 0. The van der Waals surface area contributed by atoms with Crippen LogP contribution in [0.2, 0.25) is 6.04 Å². The third-order valence-electron chi connectivity index (χ3n) is 0.707. The first-order valence-corrected chi connectivity index (χ1v) is 3.41. The predicted molar refractivity (Wildman–Crippen MR) is 21.4 cm³/mol. The highest BCUT2D eigenvalue weighted by molar-refractivity contribution is 6.35. The van der Waals surface area contributed by atoms with E-state index in [1.54, 1.807) is 0 Å². The Hall–Kier alpha value is 0.177. The molecular weight excluding hydrogens is 66.1 g/mol. The second kappa shape index (κ2) is 0.863. The third-order valence-corrected chi connectivity index (χ3v) is 2.12. The van der Waals surface area contributed by atoms with E-state index in [9.17, 15) is 0 Å². The van der Waals surface area contributed by atoms with Gasteiger partial charge in [0.2, 0.25) is 0 Å². The number of hydrogen-bond donors (Lipinski definition) is 1. The van der Waals surface area contributed by atoms with E-state index in [2.05, 4.69) is 4.98 Å². The molecule has 1 aliphatic heterocycles. The number of hydrogen-bond acceptors (Lipinski definition) is 1. The van der Waals surface area contributed by atoms with Crippen LogP contribution in [0.25, 0.3) is 0 Å². The van der Waals surface area contributed by atoms with Gasteiger partial charge in [0.15, 0.2) is 0 Å². The first kappa shape index (κ1) is 2.42. The van der Waals surface area contributed by atoms with Gasteiger partial charge in [-0.1, -0.05) is 0 Å². The van der Waals surface area contributed by atoms with E-state index >= 15 is 0 Å². The highest BCUT2D eigenvalue weighted by Gasteiger charge is 1.93. The zero-order valence-electron chi connectivity index (χ0n) is 2.62. The van der Waals surface area contributed by atoms with Gasteiger partial charge in [0.25, 0.3) is 0 Å². The molecule has 0 saturated carbocycles. The van der Waals surface area contributed by atoms with Crippen molar-refractivity contribution in [2.45, 2.75) is 6.04 Å². The fraction of sp³-hybridized carbons (Fsp3) is 1.00. The smallest absolute Gasteiger partial charge is 0.0928 e. The zero-order valence-corrected chi connectivity index (χ0v) is 4.04. The van der Waals surface area contributed by atoms with Crippen molar-refractivity contribution in [3.63, 3.8) is 0 Å². The van der Waals surface area contributed by atoms with Crippen LogP contribution in [0.3, 0.4) is 0 Å². The molecule has 1 rings (SSSR count). The summed E-state index contributed by atoms with van der Waals surface area (Å²) in [4.78, 5) is 3.25. The molecule has 1 heterocycles. The van der Waals surface area contributed by atoms with Crippen molar-refractivity contribution in [1.29, 1.82) is 0 Å². The molecule has 0 aromatic carbocycles. The molecule has 24 valence electrons. The van der Waals surface area contributed by atoms with Gasteiger partial charge in [-0.15, -0.1) is 0 Å². The summed E-state index contributed by atoms with van der Waals surface area (Å²) in [6.07, 6.45) is 0. The topological polar surface area (TPSA) is 12.0 Å². The minimum Gasteiger partial charge on any atom is -0.342 e. The van der Waals surface area contributed by atoms with E-state index in [4.69, 9.17) is 0 Å². The Kier molecular flexibility index (Phi) is 0.521. The Morgan fingerprint density at radius 3 is 2.00 bits per heavy atom. The molecule has 0 radical (unpaired) electrons. The van der Waals surface area contributed by atoms with Gasteiger partial charge in [0, 0.05) is 0 Å². The van der Waals surface area contributed by atoms with Gasteiger partial charge in [-0.3, -0.25) is 0 Å². The maximum absolute atomic E-state index is 3.25. The van der Waals surface area contributed by atoms with E-state index in [0.717, 1.165) is 0 Å². The first-order valence-electron chi connectivity index (χ1n) is 1.71. The summed E-state index contributed by atoms with van der Waals surface area (Å²) in [6.45, 7) is 1.31. The predicted octanol–water partition coefficient (Wildman–Crippen LogP) is -0.908. The van der Waals surface area contributed by atoms with Gasteiger partial charge in [-0.2, -0.15) is 0 Å². The van der Waals surface area contributed by atoms with Gasteiger partial charge < -0.3 is 4.98 Å². The molecule has 0 unspecified atom stereocenters. The Morgan fingerprint density at radius 2 is 2.00 bits per heavy atom. The summed E-state index contributed by atoms with van der Waals surface area (Å²) >= 11 is 0. The van der Waals surface area contributed by atoms with Gasteiger partial charge >= 0.3 is 0 Å². The summed E-state index contributed by atoms with van der Waals surface area (Å²) in [5.74, 6) is 0. The van der Waals surface area contributed by atoms with Crippen molar-refractivity contribution in [2.75, 3.05) is 6.54 Å². The summed E-state index contributed by atoms with van der Waals surface area (Å²) in [7, 11) is 0.355. The lowest BCUT2D eigenvalue weighted by Crippen LogP contribution is -2.32. The molecule has 0 spiro atoms. The molecule has 1 nitrogen and oxygen atoms in total. The second-order valence-electron chi connectivity index (χ2n) is 1.10. The van der Waals surface area contributed by atoms with Gasteiger partial charge in [0.05, 0.1) is 9.68 Å². The van der Waals surface area contributed by atoms with Gasteiger partial charge in [-0.25, -0.2) is 0 Å². The van der Waals surface area contributed by atoms with E-state index in [1.807, 2.05) is 0 Å². The van der Waals surface area contributed by atoms with E-state index < -0.39 is 0 Å². The molecule has 4 heavy (non-hydrogen) atoms. The first-order chi connectivity index (χ1) is 2.00. The lowest BCUT2D eigenvalue weighted by atomic mass is 10.8. The SMILES string of the molecule is C1C[SiH2]N1. The second-order valence-corrected chi connectivity index (χ2v) is 2.81.